The minimum atomic E-state index is -1.05. The Hall–Kier alpha value is -2.21. The zero-order chi connectivity index (χ0) is 17.7. The van der Waals surface area contributed by atoms with Crippen LogP contribution in [-0.2, 0) is 16.0 Å². The van der Waals surface area contributed by atoms with Crippen LogP contribution in [0.5, 0.6) is 0 Å². The number of hydrogen-bond donors (Lipinski definition) is 2. The van der Waals surface area contributed by atoms with Crippen molar-refractivity contribution in [3.8, 4) is 0 Å². The number of carbonyl (C=O) groups is 2. The number of carboxylic acids is 1. The highest BCUT2D eigenvalue weighted by atomic mass is 32.1. The lowest BCUT2D eigenvalue weighted by molar-refractivity contribution is -0.142. The quantitative estimate of drug-likeness (QED) is 0.806. The molecule has 1 aromatic heterocycles. The molecule has 128 valence electrons. The molecule has 2 rings (SSSR count). The SMILES string of the molecule is Cc1nc(CCCC(=O)NC(C(=O)O)c2ccc(C)c(C)c2)cs1. The summed E-state index contributed by atoms with van der Waals surface area (Å²) in [5, 5.41) is 15.0. The van der Waals surface area contributed by atoms with E-state index >= 15 is 0 Å². The van der Waals surface area contributed by atoms with Crippen LogP contribution in [0.3, 0.4) is 0 Å². The number of benzene rings is 1. The van der Waals surface area contributed by atoms with Gasteiger partial charge in [0.15, 0.2) is 6.04 Å². The second-order valence-corrected chi connectivity index (χ2v) is 6.96. The molecule has 2 aromatic rings. The maximum Gasteiger partial charge on any atom is 0.330 e. The molecule has 1 amide bonds. The lowest BCUT2D eigenvalue weighted by Gasteiger charge is -2.16. The molecule has 0 aliphatic carbocycles. The molecule has 1 heterocycles. The van der Waals surface area contributed by atoms with E-state index in [0.29, 0.717) is 12.0 Å². The molecule has 0 fully saturated rings. The standard InChI is InChI=1S/C18H22N2O3S/c1-11-7-8-14(9-12(11)2)17(18(22)23)20-16(21)6-4-5-15-10-24-13(3)19-15/h7-10,17H,4-6H2,1-3H3,(H,20,21)(H,22,23). The Bertz CT molecular complexity index is 740. The van der Waals surface area contributed by atoms with Gasteiger partial charge in [0.2, 0.25) is 5.91 Å². The van der Waals surface area contributed by atoms with Crippen molar-refractivity contribution in [2.45, 2.75) is 46.1 Å². The molecule has 0 saturated heterocycles. The van der Waals surface area contributed by atoms with Crippen molar-refractivity contribution < 1.29 is 14.7 Å². The van der Waals surface area contributed by atoms with E-state index < -0.39 is 12.0 Å². The van der Waals surface area contributed by atoms with Gasteiger partial charge in [-0.1, -0.05) is 18.2 Å². The van der Waals surface area contributed by atoms with Gasteiger partial charge in [0.05, 0.1) is 10.7 Å². The zero-order valence-electron chi connectivity index (χ0n) is 14.1. The van der Waals surface area contributed by atoms with Gasteiger partial charge in [-0.05, 0) is 50.3 Å². The van der Waals surface area contributed by atoms with E-state index in [1.165, 1.54) is 0 Å². The maximum absolute atomic E-state index is 12.1. The molecule has 1 unspecified atom stereocenters. The summed E-state index contributed by atoms with van der Waals surface area (Å²) in [5.74, 6) is -1.31. The Morgan fingerprint density at radius 2 is 2.00 bits per heavy atom. The number of hydrogen-bond acceptors (Lipinski definition) is 4. The van der Waals surface area contributed by atoms with E-state index in [9.17, 15) is 14.7 Å². The van der Waals surface area contributed by atoms with Crippen molar-refractivity contribution in [2.24, 2.45) is 0 Å². The highest BCUT2D eigenvalue weighted by molar-refractivity contribution is 7.09. The number of aromatic nitrogens is 1. The van der Waals surface area contributed by atoms with Crippen molar-refractivity contribution in [1.82, 2.24) is 10.3 Å². The Kier molecular flexibility index (Phi) is 6.09. The Morgan fingerprint density at radius 3 is 2.58 bits per heavy atom. The van der Waals surface area contributed by atoms with Crippen LogP contribution in [0.4, 0.5) is 0 Å². The molecule has 0 aliphatic rings. The predicted molar refractivity (Wildman–Crippen MR) is 94.2 cm³/mol. The van der Waals surface area contributed by atoms with Gasteiger partial charge in [0.1, 0.15) is 0 Å². The number of nitrogens with one attached hydrogen (secondary N) is 1. The van der Waals surface area contributed by atoms with E-state index in [4.69, 9.17) is 0 Å². The first-order valence-corrected chi connectivity index (χ1v) is 8.75. The molecule has 1 atom stereocenters. The van der Waals surface area contributed by atoms with E-state index in [2.05, 4.69) is 10.3 Å². The number of carbonyl (C=O) groups excluding carboxylic acids is 1. The van der Waals surface area contributed by atoms with E-state index in [1.807, 2.05) is 38.3 Å². The Morgan fingerprint density at radius 1 is 1.25 bits per heavy atom. The topological polar surface area (TPSA) is 79.3 Å². The summed E-state index contributed by atoms with van der Waals surface area (Å²) in [7, 11) is 0. The number of nitrogens with zero attached hydrogens (tertiary/aromatic N) is 1. The van der Waals surface area contributed by atoms with E-state index in [0.717, 1.165) is 28.2 Å². The molecular weight excluding hydrogens is 324 g/mol. The summed E-state index contributed by atoms with van der Waals surface area (Å²) in [6.07, 6.45) is 1.65. The average Bonchev–Trinajstić information content (AvgIpc) is 2.93. The summed E-state index contributed by atoms with van der Waals surface area (Å²) in [4.78, 5) is 27.9. The third-order valence-corrected chi connectivity index (χ3v) is 4.74. The van der Waals surface area contributed by atoms with Gasteiger partial charge in [0.25, 0.3) is 0 Å². The van der Waals surface area contributed by atoms with Crippen LogP contribution < -0.4 is 5.32 Å². The summed E-state index contributed by atoms with van der Waals surface area (Å²) < 4.78 is 0. The molecule has 6 heteroatoms. The summed E-state index contributed by atoms with van der Waals surface area (Å²) in [6, 6.07) is 4.42. The first-order chi connectivity index (χ1) is 11.4. The van der Waals surface area contributed by atoms with Crippen LogP contribution in [0.1, 0.15) is 46.3 Å². The third kappa shape index (κ3) is 4.89. The lowest BCUT2D eigenvalue weighted by Crippen LogP contribution is -2.33. The molecule has 0 aliphatic heterocycles. The van der Waals surface area contributed by atoms with Gasteiger partial charge in [-0.3, -0.25) is 4.79 Å². The molecule has 24 heavy (non-hydrogen) atoms. The number of aryl methyl sites for hydroxylation is 4. The van der Waals surface area contributed by atoms with Crippen molar-refractivity contribution in [3.05, 3.63) is 51.0 Å². The van der Waals surface area contributed by atoms with Crippen LogP contribution in [-0.4, -0.2) is 22.0 Å². The molecule has 2 N–H and O–H groups in total. The minimum Gasteiger partial charge on any atom is -0.479 e. The fourth-order valence-electron chi connectivity index (χ4n) is 2.42. The fourth-order valence-corrected chi connectivity index (χ4v) is 3.07. The predicted octanol–water partition coefficient (Wildman–Crippen LogP) is 3.33. The van der Waals surface area contributed by atoms with Crippen molar-refractivity contribution in [2.75, 3.05) is 0 Å². The normalized spacial score (nSPS) is 12.0. The minimum absolute atomic E-state index is 0.257. The number of rotatable bonds is 7. The average molecular weight is 346 g/mol. The fraction of sp³-hybridized carbons (Fsp3) is 0.389. The molecule has 1 aromatic carbocycles. The van der Waals surface area contributed by atoms with Crippen LogP contribution in [0.25, 0.3) is 0 Å². The Labute approximate surface area is 145 Å². The van der Waals surface area contributed by atoms with Crippen molar-refractivity contribution in [1.29, 1.82) is 0 Å². The van der Waals surface area contributed by atoms with Crippen LogP contribution in [0.15, 0.2) is 23.6 Å². The van der Waals surface area contributed by atoms with Crippen molar-refractivity contribution in [3.63, 3.8) is 0 Å². The zero-order valence-corrected chi connectivity index (χ0v) is 14.9. The van der Waals surface area contributed by atoms with Gasteiger partial charge in [-0.2, -0.15) is 0 Å². The van der Waals surface area contributed by atoms with Gasteiger partial charge >= 0.3 is 5.97 Å². The molecule has 0 spiro atoms. The first kappa shape index (κ1) is 18.1. The second-order valence-electron chi connectivity index (χ2n) is 5.89. The largest absolute Gasteiger partial charge is 0.479 e. The molecule has 5 nitrogen and oxygen atoms in total. The van der Waals surface area contributed by atoms with Crippen LogP contribution in [0.2, 0.25) is 0 Å². The summed E-state index contributed by atoms with van der Waals surface area (Å²) in [5.41, 5.74) is 3.67. The van der Waals surface area contributed by atoms with Crippen LogP contribution in [0, 0.1) is 20.8 Å². The number of carboxylic acid groups (broad SMARTS) is 1. The van der Waals surface area contributed by atoms with Gasteiger partial charge in [-0.25, -0.2) is 9.78 Å². The molecular formula is C18H22N2O3S. The van der Waals surface area contributed by atoms with Gasteiger partial charge in [0, 0.05) is 11.8 Å². The number of aliphatic carboxylic acids is 1. The van der Waals surface area contributed by atoms with E-state index in [1.54, 1.807) is 17.4 Å². The highest BCUT2D eigenvalue weighted by Crippen LogP contribution is 2.18. The molecule has 0 saturated carbocycles. The summed E-state index contributed by atoms with van der Waals surface area (Å²) in [6.45, 7) is 5.84. The molecule has 0 bridgehead atoms. The summed E-state index contributed by atoms with van der Waals surface area (Å²) >= 11 is 1.59. The van der Waals surface area contributed by atoms with Gasteiger partial charge in [-0.15, -0.1) is 11.3 Å². The maximum atomic E-state index is 12.1. The molecule has 0 radical (unpaired) electrons. The lowest BCUT2D eigenvalue weighted by atomic mass is 10.0. The highest BCUT2D eigenvalue weighted by Gasteiger charge is 2.22. The van der Waals surface area contributed by atoms with E-state index in [-0.39, 0.29) is 12.3 Å². The number of amides is 1. The second kappa shape index (κ2) is 8.06. The smallest absolute Gasteiger partial charge is 0.330 e. The van der Waals surface area contributed by atoms with Crippen LogP contribution >= 0.6 is 11.3 Å². The number of thiazole rings is 1. The first-order valence-electron chi connectivity index (χ1n) is 7.87. The van der Waals surface area contributed by atoms with Gasteiger partial charge < -0.3 is 10.4 Å². The monoisotopic (exact) mass is 346 g/mol. The van der Waals surface area contributed by atoms with Crippen molar-refractivity contribution >= 4 is 23.2 Å². The third-order valence-electron chi connectivity index (χ3n) is 3.92. The Balaban J connectivity index is 1.93.